The third-order valence-electron chi connectivity index (χ3n) is 3.49. The average molecular weight is 266 g/mol. The van der Waals surface area contributed by atoms with Crippen LogP contribution in [0.25, 0.3) is 0 Å². The minimum absolute atomic E-state index is 0.173. The lowest BCUT2D eigenvalue weighted by molar-refractivity contribution is 0.0671. The molecule has 5 heteroatoms. The van der Waals surface area contributed by atoms with Gasteiger partial charge in [0.1, 0.15) is 11.6 Å². The van der Waals surface area contributed by atoms with Crippen LogP contribution in [-0.2, 0) is 0 Å². The maximum Gasteiger partial charge on any atom is 0.257 e. The van der Waals surface area contributed by atoms with Gasteiger partial charge in [0.2, 0.25) is 0 Å². The first kappa shape index (κ1) is 13.8. The minimum Gasteiger partial charge on any atom is -0.507 e. The lowest BCUT2D eigenvalue weighted by atomic mass is 9.97. The first-order chi connectivity index (χ1) is 9.11. The summed E-state index contributed by atoms with van der Waals surface area (Å²) in [6.07, 6.45) is 2.06. The van der Waals surface area contributed by atoms with Crippen LogP contribution in [0.15, 0.2) is 18.2 Å². The van der Waals surface area contributed by atoms with Gasteiger partial charge in [-0.25, -0.2) is 4.39 Å². The molecular formula is C14H19FN2O2. The molecule has 0 radical (unpaired) electrons. The Morgan fingerprint density at radius 1 is 1.58 bits per heavy atom. The molecule has 0 saturated carbocycles. The molecule has 0 spiro atoms. The van der Waals surface area contributed by atoms with Crippen molar-refractivity contribution in [3.63, 3.8) is 0 Å². The summed E-state index contributed by atoms with van der Waals surface area (Å²) < 4.78 is 12.9. The van der Waals surface area contributed by atoms with Crippen molar-refractivity contribution in [1.82, 2.24) is 10.2 Å². The number of aromatic hydroxyl groups is 1. The average Bonchev–Trinajstić information content (AvgIpc) is 2.39. The number of rotatable bonds is 3. The highest BCUT2D eigenvalue weighted by molar-refractivity contribution is 5.96. The molecule has 1 aliphatic rings. The van der Waals surface area contributed by atoms with Gasteiger partial charge in [0.25, 0.3) is 5.91 Å². The standard InChI is InChI=1S/C14H19FN2O2/c1-16-8-10-3-2-6-17(9-10)14(19)12-5-4-11(15)7-13(12)18/h4-5,7,10,16,18H,2-3,6,8-9H2,1H3. The maximum atomic E-state index is 12.9. The minimum atomic E-state index is -0.541. The highest BCUT2D eigenvalue weighted by atomic mass is 19.1. The molecule has 1 aliphatic heterocycles. The van der Waals surface area contributed by atoms with Crippen molar-refractivity contribution in [2.75, 3.05) is 26.7 Å². The van der Waals surface area contributed by atoms with Crippen molar-refractivity contribution in [3.8, 4) is 5.75 Å². The van der Waals surface area contributed by atoms with Gasteiger partial charge in [-0.3, -0.25) is 4.79 Å². The number of benzene rings is 1. The number of halogens is 1. The zero-order chi connectivity index (χ0) is 13.8. The number of carbonyl (C=O) groups is 1. The predicted molar refractivity (Wildman–Crippen MR) is 70.6 cm³/mol. The molecule has 2 rings (SSSR count). The Kier molecular flexibility index (Phi) is 4.37. The zero-order valence-electron chi connectivity index (χ0n) is 11.0. The van der Waals surface area contributed by atoms with Crippen molar-refractivity contribution in [1.29, 1.82) is 0 Å². The van der Waals surface area contributed by atoms with E-state index in [0.29, 0.717) is 19.0 Å². The Morgan fingerprint density at radius 3 is 3.05 bits per heavy atom. The number of phenols is 1. The number of likely N-dealkylation sites (tertiary alicyclic amines) is 1. The van der Waals surface area contributed by atoms with E-state index in [1.165, 1.54) is 12.1 Å². The fourth-order valence-electron chi connectivity index (χ4n) is 2.56. The van der Waals surface area contributed by atoms with Crippen molar-refractivity contribution in [2.24, 2.45) is 5.92 Å². The van der Waals surface area contributed by atoms with Gasteiger partial charge in [0, 0.05) is 19.2 Å². The van der Waals surface area contributed by atoms with E-state index < -0.39 is 5.82 Å². The number of nitrogens with zero attached hydrogens (tertiary/aromatic N) is 1. The van der Waals surface area contributed by atoms with Crippen molar-refractivity contribution >= 4 is 5.91 Å². The Morgan fingerprint density at radius 2 is 2.37 bits per heavy atom. The summed E-state index contributed by atoms with van der Waals surface area (Å²) in [5, 5.41) is 12.8. The third-order valence-corrected chi connectivity index (χ3v) is 3.49. The molecule has 1 fully saturated rings. The summed E-state index contributed by atoms with van der Waals surface area (Å²) in [6, 6.07) is 3.51. The number of nitrogens with one attached hydrogen (secondary N) is 1. The maximum absolute atomic E-state index is 12.9. The Hall–Kier alpha value is -1.62. The number of amides is 1. The van der Waals surface area contributed by atoms with E-state index in [1.54, 1.807) is 4.90 Å². The number of hydrogen-bond donors (Lipinski definition) is 2. The largest absolute Gasteiger partial charge is 0.507 e. The summed E-state index contributed by atoms with van der Waals surface area (Å²) in [6.45, 7) is 2.24. The van der Waals surface area contributed by atoms with Gasteiger partial charge in [0.15, 0.2) is 0 Å². The molecule has 1 aromatic rings. The quantitative estimate of drug-likeness (QED) is 0.874. The van der Waals surface area contributed by atoms with Crippen molar-refractivity contribution < 1.29 is 14.3 Å². The second-order valence-electron chi connectivity index (χ2n) is 4.98. The van der Waals surface area contributed by atoms with Crippen LogP contribution >= 0.6 is 0 Å². The molecule has 1 atom stereocenters. The first-order valence-electron chi connectivity index (χ1n) is 6.54. The van der Waals surface area contributed by atoms with E-state index in [0.717, 1.165) is 25.5 Å². The number of hydrogen-bond acceptors (Lipinski definition) is 3. The van der Waals surface area contributed by atoms with Gasteiger partial charge in [-0.2, -0.15) is 0 Å². The summed E-state index contributed by atoms with van der Waals surface area (Å²) in [4.78, 5) is 14.0. The molecule has 104 valence electrons. The van der Waals surface area contributed by atoms with Gasteiger partial charge >= 0.3 is 0 Å². The van der Waals surface area contributed by atoms with Crippen LogP contribution in [-0.4, -0.2) is 42.6 Å². The van der Waals surface area contributed by atoms with Gasteiger partial charge in [0.05, 0.1) is 5.56 Å². The van der Waals surface area contributed by atoms with Gasteiger partial charge < -0.3 is 15.3 Å². The molecule has 19 heavy (non-hydrogen) atoms. The summed E-state index contributed by atoms with van der Waals surface area (Å²) in [7, 11) is 1.90. The molecule has 0 bridgehead atoms. The van der Waals surface area contributed by atoms with Gasteiger partial charge in [-0.15, -0.1) is 0 Å². The van der Waals surface area contributed by atoms with Crippen molar-refractivity contribution in [3.05, 3.63) is 29.6 Å². The smallest absolute Gasteiger partial charge is 0.257 e. The lowest BCUT2D eigenvalue weighted by Crippen LogP contribution is -2.42. The van der Waals surface area contributed by atoms with Gasteiger partial charge in [-0.1, -0.05) is 0 Å². The topological polar surface area (TPSA) is 52.6 Å². The molecule has 1 unspecified atom stereocenters. The van der Waals surface area contributed by atoms with Crippen LogP contribution in [0.3, 0.4) is 0 Å². The fraction of sp³-hybridized carbons (Fsp3) is 0.500. The molecule has 0 aromatic heterocycles. The second kappa shape index (κ2) is 6.02. The van der Waals surface area contributed by atoms with E-state index in [9.17, 15) is 14.3 Å². The Labute approximate surface area is 112 Å². The van der Waals surface area contributed by atoms with E-state index in [4.69, 9.17) is 0 Å². The Balaban J connectivity index is 2.10. The van der Waals surface area contributed by atoms with Crippen LogP contribution in [0.5, 0.6) is 5.75 Å². The van der Waals surface area contributed by atoms with E-state index in [-0.39, 0.29) is 17.2 Å². The van der Waals surface area contributed by atoms with E-state index >= 15 is 0 Å². The molecule has 1 saturated heterocycles. The molecule has 1 aromatic carbocycles. The number of carbonyl (C=O) groups excluding carboxylic acids is 1. The molecule has 4 nitrogen and oxygen atoms in total. The van der Waals surface area contributed by atoms with Crippen LogP contribution in [0.1, 0.15) is 23.2 Å². The normalized spacial score (nSPS) is 19.5. The SMILES string of the molecule is CNCC1CCCN(C(=O)c2ccc(F)cc2O)C1. The molecule has 0 aliphatic carbocycles. The fourth-order valence-corrected chi connectivity index (χ4v) is 2.56. The van der Waals surface area contributed by atoms with Crippen LogP contribution in [0, 0.1) is 11.7 Å². The molecular weight excluding hydrogens is 247 g/mol. The Bertz CT molecular complexity index is 463. The predicted octanol–water partition coefficient (Wildman–Crippen LogP) is 1.60. The van der Waals surface area contributed by atoms with E-state index in [2.05, 4.69) is 5.32 Å². The lowest BCUT2D eigenvalue weighted by Gasteiger charge is -2.32. The second-order valence-corrected chi connectivity index (χ2v) is 4.98. The zero-order valence-corrected chi connectivity index (χ0v) is 11.0. The van der Waals surface area contributed by atoms with Crippen molar-refractivity contribution in [2.45, 2.75) is 12.8 Å². The third kappa shape index (κ3) is 3.23. The molecule has 1 amide bonds. The van der Waals surface area contributed by atoms with Crippen LogP contribution in [0.4, 0.5) is 4.39 Å². The highest BCUT2D eigenvalue weighted by Gasteiger charge is 2.25. The van der Waals surface area contributed by atoms with E-state index in [1.807, 2.05) is 7.05 Å². The monoisotopic (exact) mass is 266 g/mol. The summed E-state index contributed by atoms with van der Waals surface area (Å²) in [5.41, 5.74) is 0.173. The molecule has 2 N–H and O–H groups in total. The number of phenolic OH excluding ortho intramolecular Hbond substituents is 1. The first-order valence-corrected chi connectivity index (χ1v) is 6.54. The summed E-state index contributed by atoms with van der Waals surface area (Å²) in [5.74, 6) is -0.620. The van der Waals surface area contributed by atoms with Crippen LogP contribution < -0.4 is 5.32 Å². The molecule has 1 heterocycles. The van der Waals surface area contributed by atoms with Gasteiger partial charge in [-0.05, 0) is 44.5 Å². The van der Waals surface area contributed by atoms with Crippen LogP contribution in [0.2, 0.25) is 0 Å². The number of piperidine rings is 1. The highest BCUT2D eigenvalue weighted by Crippen LogP contribution is 2.23. The summed E-state index contributed by atoms with van der Waals surface area (Å²) >= 11 is 0.